The second-order valence-corrected chi connectivity index (χ2v) is 7.72. The first kappa shape index (κ1) is 23.9. The summed E-state index contributed by atoms with van der Waals surface area (Å²) in [6.45, 7) is 0.125. The number of rotatable bonds is 8. The molecule has 0 fully saturated rings. The molecule has 1 aromatic heterocycles. The van der Waals surface area contributed by atoms with Gasteiger partial charge in [0.2, 0.25) is 5.88 Å². The lowest BCUT2D eigenvalue weighted by Crippen LogP contribution is -2.27. The van der Waals surface area contributed by atoms with Gasteiger partial charge >= 0.3 is 6.09 Å². The molecule has 0 bridgehead atoms. The van der Waals surface area contributed by atoms with E-state index in [1.807, 2.05) is 36.4 Å². The standard InChI is InChI=1S/C26H27N3O6/c1-29(26(30)34-15-17-7-5-6-8-22(17)31-2)18-9-11-19(12-10-18)35-25-20-13-23(32-3)24(33-4)14-21(20)27-16-28-25/h5-9,11,13-14,16H,10,12,15H2,1-4H3. The number of para-hydroxylation sites is 1. The molecule has 2 aromatic carbocycles. The molecule has 0 N–H and O–H groups in total. The van der Waals surface area contributed by atoms with E-state index in [2.05, 4.69) is 9.97 Å². The molecule has 9 heteroatoms. The van der Waals surface area contributed by atoms with Gasteiger partial charge in [-0.3, -0.25) is 4.90 Å². The molecule has 1 amide bonds. The van der Waals surface area contributed by atoms with E-state index >= 15 is 0 Å². The van der Waals surface area contributed by atoms with Gasteiger partial charge in [0.05, 0.1) is 32.2 Å². The molecule has 0 saturated carbocycles. The van der Waals surface area contributed by atoms with E-state index in [-0.39, 0.29) is 6.61 Å². The van der Waals surface area contributed by atoms with Crippen molar-refractivity contribution in [2.75, 3.05) is 28.4 Å². The van der Waals surface area contributed by atoms with Gasteiger partial charge in [-0.05, 0) is 30.7 Å². The number of ether oxygens (including phenoxy) is 5. The van der Waals surface area contributed by atoms with Crippen molar-refractivity contribution in [1.82, 2.24) is 14.9 Å². The minimum Gasteiger partial charge on any atom is -0.496 e. The van der Waals surface area contributed by atoms with Crippen LogP contribution in [0.3, 0.4) is 0 Å². The van der Waals surface area contributed by atoms with E-state index in [0.717, 1.165) is 17.0 Å². The molecule has 0 saturated heterocycles. The van der Waals surface area contributed by atoms with Crippen LogP contribution in [0.2, 0.25) is 0 Å². The summed E-state index contributed by atoms with van der Waals surface area (Å²) in [6, 6.07) is 11.0. The number of benzene rings is 2. The van der Waals surface area contributed by atoms with E-state index in [1.165, 1.54) is 11.2 Å². The number of amides is 1. The molecule has 9 nitrogen and oxygen atoms in total. The summed E-state index contributed by atoms with van der Waals surface area (Å²) < 4.78 is 27.6. The van der Waals surface area contributed by atoms with E-state index < -0.39 is 6.09 Å². The Morgan fingerprint density at radius 2 is 1.69 bits per heavy atom. The predicted octanol–water partition coefficient (Wildman–Crippen LogP) is 4.86. The fourth-order valence-electron chi connectivity index (χ4n) is 3.71. The molecule has 0 unspecified atom stereocenters. The Hall–Kier alpha value is -4.27. The highest BCUT2D eigenvalue weighted by atomic mass is 16.6. The van der Waals surface area contributed by atoms with Crippen molar-refractivity contribution in [3.8, 4) is 23.1 Å². The van der Waals surface area contributed by atoms with Crippen LogP contribution < -0.4 is 18.9 Å². The maximum absolute atomic E-state index is 12.6. The molecule has 0 spiro atoms. The fourth-order valence-corrected chi connectivity index (χ4v) is 3.71. The van der Waals surface area contributed by atoms with E-state index in [4.69, 9.17) is 23.7 Å². The zero-order chi connectivity index (χ0) is 24.8. The second-order valence-electron chi connectivity index (χ2n) is 7.72. The maximum atomic E-state index is 12.6. The molecule has 182 valence electrons. The van der Waals surface area contributed by atoms with Crippen LogP contribution in [0.1, 0.15) is 18.4 Å². The van der Waals surface area contributed by atoms with Crippen molar-refractivity contribution in [3.05, 3.63) is 71.9 Å². The number of aromatic nitrogens is 2. The molecule has 0 atom stereocenters. The Kier molecular flexibility index (Phi) is 7.35. The van der Waals surface area contributed by atoms with Crippen LogP contribution >= 0.6 is 0 Å². The zero-order valence-electron chi connectivity index (χ0n) is 20.1. The van der Waals surface area contributed by atoms with Crippen molar-refractivity contribution in [2.24, 2.45) is 0 Å². The molecule has 1 aliphatic carbocycles. The Morgan fingerprint density at radius 3 is 2.40 bits per heavy atom. The van der Waals surface area contributed by atoms with E-state index in [1.54, 1.807) is 40.5 Å². The maximum Gasteiger partial charge on any atom is 0.414 e. The molecule has 1 heterocycles. The first-order chi connectivity index (χ1) is 17.0. The van der Waals surface area contributed by atoms with Crippen LogP contribution in [-0.4, -0.2) is 49.3 Å². The lowest BCUT2D eigenvalue weighted by atomic mass is 10.1. The highest BCUT2D eigenvalue weighted by Crippen LogP contribution is 2.35. The Balaban J connectivity index is 1.44. The summed E-state index contributed by atoms with van der Waals surface area (Å²) in [4.78, 5) is 22.7. The van der Waals surface area contributed by atoms with Gasteiger partial charge in [0.15, 0.2) is 11.5 Å². The van der Waals surface area contributed by atoms with Gasteiger partial charge in [0, 0.05) is 30.8 Å². The molecule has 0 radical (unpaired) electrons. The third-order valence-electron chi connectivity index (χ3n) is 5.67. The summed E-state index contributed by atoms with van der Waals surface area (Å²) in [5, 5.41) is 0.706. The second kappa shape index (κ2) is 10.8. The molecule has 1 aliphatic rings. The van der Waals surface area contributed by atoms with Gasteiger partial charge < -0.3 is 23.7 Å². The number of hydrogen-bond acceptors (Lipinski definition) is 8. The smallest absolute Gasteiger partial charge is 0.414 e. The number of methoxy groups -OCH3 is 3. The minimum absolute atomic E-state index is 0.125. The van der Waals surface area contributed by atoms with Gasteiger partial charge in [-0.25, -0.2) is 14.8 Å². The number of carbonyl (C=O) groups excluding carboxylic acids is 1. The molecule has 35 heavy (non-hydrogen) atoms. The Labute approximate surface area is 203 Å². The first-order valence-corrected chi connectivity index (χ1v) is 11.0. The van der Waals surface area contributed by atoms with Crippen molar-refractivity contribution in [3.63, 3.8) is 0 Å². The van der Waals surface area contributed by atoms with E-state index in [0.29, 0.717) is 46.9 Å². The lowest BCUT2D eigenvalue weighted by molar-refractivity contribution is 0.112. The Bertz CT molecular complexity index is 1290. The van der Waals surface area contributed by atoms with Crippen LogP contribution in [0, 0.1) is 0 Å². The highest BCUT2D eigenvalue weighted by Gasteiger charge is 2.20. The number of carbonyl (C=O) groups is 1. The third-order valence-corrected chi connectivity index (χ3v) is 5.67. The number of fused-ring (bicyclic) bond motifs is 1. The zero-order valence-corrected chi connectivity index (χ0v) is 20.1. The van der Waals surface area contributed by atoms with Crippen molar-refractivity contribution < 1.29 is 28.5 Å². The van der Waals surface area contributed by atoms with Crippen molar-refractivity contribution in [2.45, 2.75) is 19.4 Å². The average molecular weight is 478 g/mol. The molecular formula is C26H27N3O6. The van der Waals surface area contributed by atoms with Crippen molar-refractivity contribution >= 4 is 17.0 Å². The van der Waals surface area contributed by atoms with Crippen LogP contribution in [-0.2, 0) is 11.3 Å². The van der Waals surface area contributed by atoms with Gasteiger partial charge in [-0.2, -0.15) is 0 Å². The average Bonchev–Trinajstić information content (AvgIpc) is 2.91. The van der Waals surface area contributed by atoms with Gasteiger partial charge in [-0.15, -0.1) is 0 Å². The molecule has 0 aliphatic heterocycles. The molecule has 4 rings (SSSR count). The number of nitrogens with zero attached hydrogens (tertiary/aromatic N) is 3. The topological polar surface area (TPSA) is 92.2 Å². The van der Waals surface area contributed by atoms with E-state index in [9.17, 15) is 4.79 Å². The van der Waals surface area contributed by atoms with Crippen LogP contribution in [0.15, 0.2) is 66.3 Å². The monoisotopic (exact) mass is 477 g/mol. The third kappa shape index (κ3) is 5.29. The Morgan fingerprint density at radius 1 is 0.943 bits per heavy atom. The minimum atomic E-state index is -0.442. The fraction of sp³-hybridized carbons (Fsp3) is 0.269. The van der Waals surface area contributed by atoms with Gasteiger partial charge in [0.25, 0.3) is 0 Å². The lowest BCUT2D eigenvalue weighted by Gasteiger charge is -2.23. The normalized spacial score (nSPS) is 12.9. The number of allylic oxidation sites excluding steroid dienone is 4. The number of hydrogen-bond donors (Lipinski definition) is 0. The van der Waals surface area contributed by atoms with Gasteiger partial charge in [0.1, 0.15) is 24.4 Å². The quantitative estimate of drug-likeness (QED) is 0.454. The summed E-state index contributed by atoms with van der Waals surface area (Å²) in [7, 11) is 6.42. The highest BCUT2D eigenvalue weighted by molar-refractivity contribution is 5.86. The SMILES string of the molecule is COc1ccccc1COC(=O)N(C)C1=CC=C(Oc2ncnc3cc(OC)c(OC)cc23)CC1. The van der Waals surface area contributed by atoms with Crippen LogP contribution in [0.25, 0.3) is 10.9 Å². The molecule has 3 aromatic rings. The largest absolute Gasteiger partial charge is 0.496 e. The summed E-state index contributed by atoms with van der Waals surface area (Å²) in [5.74, 6) is 2.96. The summed E-state index contributed by atoms with van der Waals surface area (Å²) in [6.07, 6.45) is 5.87. The summed E-state index contributed by atoms with van der Waals surface area (Å²) in [5.41, 5.74) is 2.30. The van der Waals surface area contributed by atoms with Gasteiger partial charge in [-0.1, -0.05) is 18.2 Å². The summed E-state index contributed by atoms with van der Waals surface area (Å²) >= 11 is 0. The van der Waals surface area contributed by atoms with Crippen LogP contribution in [0.4, 0.5) is 4.79 Å². The predicted molar refractivity (Wildman–Crippen MR) is 130 cm³/mol. The molecular weight excluding hydrogens is 450 g/mol. The first-order valence-electron chi connectivity index (χ1n) is 11.0. The van der Waals surface area contributed by atoms with Crippen LogP contribution in [0.5, 0.6) is 23.1 Å². The van der Waals surface area contributed by atoms with Crippen molar-refractivity contribution in [1.29, 1.82) is 0 Å².